The number of para-hydroxylation sites is 1. The number of nitrogens with one attached hydrogen (secondary N) is 1. The van der Waals surface area contributed by atoms with E-state index in [4.69, 9.17) is 10.4 Å². The Morgan fingerprint density at radius 2 is 2.28 bits per heavy atom. The molecule has 92 valence electrons. The Morgan fingerprint density at radius 1 is 1.50 bits per heavy atom. The lowest BCUT2D eigenvalue weighted by Gasteiger charge is -2.16. The molecule has 0 fully saturated rings. The standard InChI is InChI=1S/C14H14N2O2/c1-9-3-2-4-11(8-15)13(9)16-12-6-5-10(7-12)14(17)18/h2-6,10,12,16H,7H2,1H3,(H,17,18). The van der Waals surface area contributed by atoms with E-state index in [1.807, 2.05) is 25.1 Å². The van der Waals surface area contributed by atoms with Crippen molar-refractivity contribution in [1.29, 1.82) is 5.26 Å². The topological polar surface area (TPSA) is 73.1 Å². The maximum atomic E-state index is 10.9. The Balaban J connectivity index is 2.15. The second-order valence-corrected chi connectivity index (χ2v) is 4.43. The Morgan fingerprint density at radius 3 is 2.89 bits per heavy atom. The highest BCUT2D eigenvalue weighted by atomic mass is 16.4. The summed E-state index contributed by atoms with van der Waals surface area (Å²) in [6.45, 7) is 1.93. The maximum absolute atomic E-state index is 10.9. The van der Waals surface area contributed by atoms with Gasteiger partial charge in [-0.15, -0.1) is 0 Å². The van der Waals surface area contributed by atoms with Crippen LogP contribution in [0.25, 0.3) is 0 Å². The molecule has 2 rings (SSSR count). The van der Waals surface area contributed by atoms with Gasteiger partial charge in [0.1, 0.15) is 6.07 Å². The second kappa shape index (κ2) is 4.92. The molecule has 4 heteroatoms. The SMILES string of the molecule is Cc1cccc(C#N)c1NC1C=CC(C(=O)O)C1. The molecule has 18 heavy (non-hydrogen) atoms. The lowest BCUT2D eigenvalue weighted by molar-refractivity contribution is -0.140. The number of carboxylic acid groups (broad SMARTS) is 1. The van der Waals surface area contributed by atoms with Crippen molar-refractivity contribution in [3.63, 3.8) is 0 Å². The summed E-state index contributed by atoms with van der Waals surface area (Å²) in [4.78, 5) is 10.9. The van der Waals surface area contributed by atoms with Crippen molar-refractivity contribution in [1.82, 2.24) is 0 Å². The van der Waals surface area contributed by atoms with Crippen LogP contribution in [0.1, 0.15) is 17.5 Å². The zero-order valence-corrected chi connectivity index (χ0v) is 10.1. The van der Waals surface area contributed by atoms with Gasteiger partial charge < -0.3 is 10.4 Å². The highest BCUT2D eigenvalue weighted by Crippen LogP contribution is 2.26. The van der Waals surface area contributed by atoms with E-state index in [2.05, 4.69) is 11.4 Å². The monoisotopic (exact) mass is 242 g/mol. The van der Waals surface area contributed by atoms with Crippen molar-refractivity contribution >= 4 is 11.7 Å². The molecule has 2 N–H and O–H groups in total. The van der Waals surface area contributed by atoms with Crippen LogP contribution in [0.3, 0.4) is 0 Å². The average molecular weight is 242 g/mol. The molecule has 1 aromatic carbocycles. The van der Waals surface area contributed by atoms with Crippen LogP contribution < -0.4 is 5.32 Å². The number of benzene rings is 1. The van der Waals surface area contributed by atoms with Gasteiger partial charge in [0.15, 0.2) is 0 Å². The molecule has 0 saturated carbocycles. The number of hydrogen-bond donors (Lipinski definition) is 2. The molecule has 1 aliphatic carbocycles. The van der Waals surface area contributed by atoms with Gasteiger partial charge in [-0.05, 0) is 25.0 Å². The number of anilines is 1. The van der Waals surface area contributed by atoms with Crippen LogP contribution in [-0.2, 0) is 4.79 Å². The zero-order valence-electron chi connectivity index (χ0n) is 10.1. The Hall–Kier alpha value is -2.28. The van der Waals surface area contributed by atoms with Crippen molar-refractivity contribution in [2.75, 3.05) is 5.32 Å². The molecule has 1 aliphatic rings. The summed E-state index contributed by atoms with van der Waals surface area (Å²) in [6.07, 6.45) is 4.07. The summed E-state index contributed by atoms with van der Waals surface area (Å²) in [6, 6.07) is 7.63. The number of hydrogen-bond acceptors (Lipinski definition) is 3. The van der Waals surface area contributed by atoms with Gasteiger partial charge in [-0.25, -0.2) is 0 Å². The van der Waals surface area contributed by atoms with E-state index in [9.17, 15) is 4.79 Å². The first-order valence-electron chi connectivity index (χ1n) is 5.79. The minimum Gasteiger partial charge on any atom is -0.481 e. The summed E-state index contributed by atoms with van der Waals surface area (Å²) >= 11 is 0. The van der Waals surface area contributed by atoms with E-state index >= 15 is 0 Å². The van der Waals surface area contributed by atoms with Crippen LogP contribution in [0.5, 0.6) is 0 Å². The number of aryl methyl sites for hydroxylation is 1. The first-order valence-corrected chi connectivity index (χ1v) is 5.79. The molecule has 0 amide bonds. The fourth-order valence-electron chi connectivity index (χ4n) is 2.13. The first kappa shape index (κ1) is 12.2. The largest absolute Gasteiger partial charge is 0.481 e. The van der Waals surface area contributed by atoms with Crippen LogP contribution in [0.15, 0.2) is 30.4 Å². The Kier molecular flexibility index (Phi) is 3.33. The Bertz CT molecular complexity index is 543. The quantitative estimate of drug-likeness (QED) is 0.798. The lowest BCUT2D eigenvalue weighted by Crippen LogP contribution is -2.19. The van der Waals surface area contributed by atoms with Crippen molar-refractivity contribution in [2.24, 2.45) is 5.92 Å². The molecule has 0 aromatic heterocycles. The first-order chi connectivity index (χ1) is 8.61. The molecule has 0 spiro atoms. The van der Waals surface area contributed by atoms with Gasteiger partial charge in [0.05, 0.1) is 17.2 Å². The zero-order chi connectivity index (χ0) is 13.1. The van der Waals surface area contributed by atoms with E-state index < -0.39 is 11.9 Å². The van der Waals surface area contributed by atoms with Crippen molar-refractivity contribution < 1.29 is 9.90 Å². The van der Waals surface area contributed by atoms with E-state index in [1.165, 1.54) is 0 Å². The summed E-state index contributed by atoms with van der Waals surface area (Å²) in [5, 5.41) is 21.2. The number of nitriles is 1. The molecule has 0 saturated heterocycles. The molecule has 4 nitrogen and oxygen atoms in total. The second-order valence-electron chi connectivity index (χ2n) is 4.43. The van der Waals surface area contributed by atoms with Gasteiger partial charge in [-0.1, -0.05) is 24.3 Å². The molecular weight excluding hydrogens is 228 g/mol. The van der Waals surface area contributed by atoms with Crippen molar-refractivity contribution in [2.45, 2.75) is 19.4 Å². The highest BCUT2D eigenvalue weighted by molar-refractivity contribution is 5.73. The van der Waals surface area contributed by atoms with E-state index in [-0.39, 0.29) is 6.04 Å². The molecule has 1 aromatic rings. The average Bonchev–Trinajstić information content (AvgIpc) is 2.80. The fraction of sp³-hybridized carbons (Fsp3) is 0.286. The van der Waals surface area contributed by atoms with Gasteiger partial charge in [0.25, 0.3) is 0 Å². The van der Waals surface area contributed by atoms with Crippen molar-refractivity contribution in [3.05, 3.63) is 41.5 Å². The number of nitrogens with zero attached hydrogens (tertiary/aromatic N) is 1. The summed E-state index contributed by atoms with van der Waals surface area (Å²) in [5.74, 6) is -1.24. The molecular formula is C14H14N2O2. The molecule has 2 atom stereocenters. The van der Waals surface area contributed by atoms with Crippen LogP contribution in [0.4, 0.5) is 5.69 Å². The molecule has 0 radical (unpaired) electrons. The third kappa shape index (κ3) is 2.35. The molecule has 2 unspecified atom stereocenters. The van der Waals surface area contributed by atoms with Gasteiger partial charge in [0, 0.05) is 6.04 Å². The highest BCUT2D eigenvalue weighted by Gasteiger charge is 2.24. The van der Waals surface area contributed by atoms with Crippen molar-refractivity contribution in [3.8, 4) is 6.07 Å². The number of carbonyl (C=O) groups is 1. The van der Waals surface area contributed by atoms with Crippen LogP contribution in [0.2, 0.25) is 0 Å². The normalized spacial score (nSPS) is 21.6. The minimum absolute atomic E-state index is 0.0284. The van der Waals surface area contributed by atoms with Gasteiger partial charge in [-0.2, -0.15) is 5.26 Å². The fourth-order valence-corrected chi connectivity index (χ4v) is 2.13. The number of rotatable bonds is 3. The van der Waals surface area contributed by atoms with E-state index in [1.54, 1.807) is 12.1 Å². The molecule has 0 bridgehead atoms. The van der Waals surface area contributed by atoms with Gasteiger partial charge in [-0.3, -0.25) is 4.79 Å². The molecule has 0 aliphatic heterocycles. The maximum Gasteiger partial charge on any atom is 0.310 e. The minimum atomic E-state index is -0.805. The van der Waals surface area contributed by atoms with Crippen LogP contribution in [-0.4, -0.2) is 17.1 Å². The number of aliphatic carboxylic acids is 1. The van der Waals surface area contributed by atoms with Gasteiger partial charge in [0.2, 0.25) is 0 Å². The van der Waals surface area contributed by atoms with E-state index in [0.717, 1.165) is 11.3 Å². The molecule has 0 heterocycles. The number of carboxylic acids is 1. The predicted molar refractivity (Wildman–Crippen MR) is 68.2 cm³/mol. The smallest absolute Gasteiger partial charge is 0.310 e. The third-order valence-corrected chi connectivity index (χ3v) is 3.12. The summed E-state index contributed by atoms with van der Waals surface area (Å²) in [5.41, 5.74) is 2.36. The van der Waals surface area contributed by atoms with E-state index in [0.29, 0.717) is 12.0 Å². The summed E-state index contributed by atoms with van der Waals surface area (Å²) in [7, 11) is 0. The lowest BCUT2D eigenvalue weighted by atomic mass is 10.1. The van der Waals surface area contributed by atoms with Gasteiger partial charge >= 0.3 is 5.97 Å². The third-order valence-electron chi connectivity index (χ3n) is 3.12. The van der Waals surface area contributed by atoms with Crippen LogP contribution >= 0.6 is 0 Å². The Labute approximate surface area is 106 Å². The summed E-state index contributed by atoms with van der Waals surface area (Å²) < 4.78 is 0. The van der Waals surface area contributed by atoms with Crippen LogP contribution in [0, 0.1) is 24.2 Å². The predicted octanol–water partition coefficient (Wildman–Crippen LogP) is 2.31.